The fourth-order valence-corrected chi connectivity index (χ4v) is 15.6. The number of nitrogens with one attached hydrogen (secondary N) is 8. The van der Waals surface area contributed by atoms with E-state index in [1.165, 1.54) is 146 Å². The van der Waals surface area contributed by atoms with E-state index in [0.29, 0.717) is 49.3 Å². The molecule has 4 saturated carbocycles. The van der Waals surface area contributed by atoms with Crippen LogP contribution in [0.4, 0.5) is 0 Å². The average molecular weight is 805 g/mol. The van der Waals surface area contributed by atoms with Crippen molar-refractivity contribution in [3.8, 4) is 0 Å². The van der Waals surface area contributed by atoms with Gasteiger partial charge in [-0.2, -0.15) is 0 Å². The van der Waals surface area contributed by atoms with Crippen molar-refractivity contribution >= 4 is 43.1 Å². The van der Waals surface area contributed by atoms with Crippen LogP contribution in [0.2, 0.25) is 0 Å². The minimum atomic E-state index is 0.420. The van der Waals surface area contributed by atoms with Crippen LogP contribution in [0.5, 0.6) is 0 Å². The first-order valence-electron chi connectivity index (χ1n) is 24.9. The van der Waals surface area contributed by atoms with Crippen LogP contribution in [-0.4, -0.2) is 49.3 Å². The number of fused-ring (bicyclic) bond motifs is 22. The van der Waals surface area contributed by atoms with Gasteiger partial charge in [-0.3, -0.25) is 42.5 Å². The highest BCUT2D eigenvalue weighted by molar-refractivity contribution is 6.32. The van der Waals surface area contributed by atoms with Crippen LogP contribution < -0.4 is 42.5 Å². The maximum Gasteiger partial charge on any atom is 0.0628 e. The van der Waals surface area contributed by atoms with Gasteiger partial charge in [0, 0.05) is 0 Å². The molecule has 0 radical (unpaired) electrons. The van der Waals surface area contributed by atoms with Crippen molar-refractivity contribution in [2.24, 2.45) is 47.3 Å². The Morgan fingerprint density at radius 1 is 0.250 bits per heavy atom. The molecule has 5 heterocycles. The molecule has 8 nitrogen and oxygen atoms in total. The molecule has 14 rings (SSSR count). The molecule has 8 unspecified atom stereocenters. The van der Waals surface area contributed by atoms with E-state index in [-0.39, 0.29) is 0 Å². The SMILES string of the molecule is C1CCC2C3NC(NC4NC(NC5NC(NC6NC(N3)C3CCCCC63)C3CCCCC53)C3CCCCC43)C2C1.c1cc2cccc3c4cccc5cccc(c(c1)c23)c54. The molecule has 0 aromatic heterocycles. The smallest absolute Gasteiger partial charge is 0.0628 e. The van der Waals surface area contributed by atoms with Gasteiger partial charge < -0.3 is 0 Å². The van der Waals surface area contributed by atoms with Crippen molar-refractivity contribution < 1.29 is 0 Å². The Balaban J connectivity index is 0.000000154. The summed E-state index contributed by atoms with van der Waals surface area (Å²) in [6.45, 7) is 0. The van der Waals surface area contributed by atoms with E-state index in [9.17, 15) is 0 Å². The molecule has 5 aromatic carbocycles. The molecule has 8 atom stereocenters. The molecule has 4 aliphatic carbocycles. The Bertz CT molecular complexity index is 1950. The molecular formula is C52H68N8. The van der Waals surface area contributed by atoms with Gasteiger partial charge in [0.05, 0.1) is 49.3 Å². The van der Waals surface area contributed by atoms with Crippen LogP contribution in [0.3, 0.4) is 0 Å². The first-order chi connectivity index (χ1) is 29.7. The lowest BCUT2D eigenvalue weighted by Crippen LogP contribution is -2.61. The lowest BCUT2D eigenvalue weighted by Gasteiger charge is -2.35. The predicted octanol–water partition coefficient (Wildman–Crippen LogP) is 8.34. The summed E-state index contributed by atoms with van der Waals surface area (Å²) in [5.41, 5.74) is 0. The van der Waals surface area contributed by atoms with Crippen molar-refractivity contribution in [1.82, 2.24) is 42.5 Å². The van der Waals surface area contributed by atoms with Crippen LogP contribution in [0.1, 0.15) is 103 Å². The van der Waals surface area contributed by atoms with E-state index in [1.54, 1.807) is 0 Å². The third-order valence-electron chi connectivity index (χ3n) is 18.2. The Hall–Kier alpha value is -2.92. The number of benzene rings is 5. The van der Waals surface area contributed by atoms with E-state index in [0.717, 1.165) is 47.3 Å². The highest BCUT2D eigenvalue weighted by atomic mass is 15.4. The van der Waals surface area contributed by atoms with Crippen molar-refractivity contribution in [3.05, 3.63) is 72.8 Å². The maximum absolute atomic E-state index is 4.26. The minimum absolute atomic E-state index is 0.420. The quantitative estimate of drug-likeness (QED) is 0.0586. The summed E-state index contributed by atoms with van der Waals surface area (Å²) >= 11 is 0. The lowest BCUT2D eigenvalue weighted by molar-refractivity contribution is 0.167. The standard InChI is InChI=1S/C32H56N8.C20H12/c1-2-10-18-17(9-1)25-33-26(18)38-28-21-13-5-6-14-22(21)30(35-28)40-32-24-16-8-7-15-23(24)31(36-32)39-29-20-12-4-3-11-19(20)27(34-29)37-25;1-5-13-6-2-11-17-18-12-4-8-14-7-3-10-16(20(14)18)15(9-1)19(13)17/h17-40H,1-16H2;1-12H. The zero-order chi connectivity index (χ0) is 39.3. The lowest BCUT2D eigenvalue weighted by atomic mass is 9.76. The first kappa shape index (κ1) is 37.6. The molecule has 60 heavy (non-hydrogen) atoms. The molecule has 316 valence electrons. The maximum atomic E-state index is 4.26. The summed E-state index contributed by atoms with van der Waals surface area (Å²) in [5.74, 6) is 5.97. The zero-order valence-electron chi connectivity index (χ0n) is 35.5. The molecule has 5 saturated heterocycles. The molecule has 9 fully saturated rings. The summed E-state index contributed by atoms with van der Waals surface area (Å²) in [6.07, 6.45) is 25.6. The fraction of sp³-hybridized carbons (Fsp3) is 0.615. The minimum Gasteiger partial charge on any atom is -0.286 e. The van der Waals surface area contributed by atoms with Gasteiger partial charge in [0.25, 0.3) is 0 Å². The van der Waals surface area contributed by atoms with Crippen molar-refractivity contribution in [1.29, 1.82) is 0 Å². The molecular weight excluding hydrogens is 737 g/mol. The van der Waals surface area contributed by atoms with Crippen LogP contribution in [-0.2, 0) is 0 Å². The van der Waals surface area contributed by atoms with E-state index in [1.807, 2.05) is 0 Å². The fourth-order valence-electron chi connectivity index (χ4n) is 15.6. The van der Waals surface area contributed by atoms with Crippen LogP contribution >= 0.6 is 0 Å². The van der Waals surface area contributed by atoms with Crippen LogP contribution in [0.25, 0.3) is 43.1 Å². The van der Waals surface area contributed by atoms with Crippen molar-refractivity contribution in [3.63, 3.8) is 0 Å². The van der Waals surface area contributed by atoms with Gasteiger partial charge in [0.15, 0.2) is 0 Å². The Labute approximate surface area is 356 Å². The van der Waals surface area contributed by atoms with Gasteiger partial charge in [0.2, 0.25) is 0 Å². The second-order valence-electron chi connectivity index (χ2n) is 21.0. The summed E-state index contributed by atoms with van der Waals surface area (Å²) in [7, 11) is 0. The summed E-state index contributed by atoms with van der Waals surface area (Å²) in [4.78, 5) is 0. The van der Waals surface area contributed by atoms with E-state index < -0.39 is 0 Å². The van der Waals surface area contributed by atoms with Gasteiger partial charge in [-0.15, -0.1) is 0 Å². The second kappa shape index (κ2) is 15.4. The molecule has 0 amide bonds. The van der Waals surface area contributed by atoms with E-state index in [2.05, 4.69) is 115 Å². The van der Waals surface area contributed by atoms with Crippen LogP contribution in [0, 0.1) is 47.3 Å². The highest BCUT2D eigenvalue weighted by Gasteiger charge is 2.54. The molecule has 9 aliphatic rings. The summed E-state index contributed by atoms with van der Waals surface area (Å²) in [6, 6.07) is 26.4. The van der Waals surface area contributed by atoms with Gasteiger partial charge in [0.1, 0.15) is 0 Å². The third kappa shape index (κ3) is 6.21. The Morgan fingerprint density at radius 2 is 0.433 bits per heavy atom. The Kier molecular flexibility index (Phi) is 9.66. The number of hydrogen-bond donors (Lipinski definition) is 8. The largest absolute Gasteiger partial charge is 0.286 e. The zero-order valence-corrected chi connectivity index (χ0v) is 35.5. The van der Waals surface area contributed by atoms with E-state index in [4.69, 9.17) is 0 Å². The summed E-state index contributed by atoms with van der Waals surface area (Å²) in [5, 5.41) is 44.7. The van der Waals surface area contributed by atoms with Gasteiger partial charge in [-0.1, -0.05) is 124 Å². The topological polar surface area (TPSA) is 96.2 Å². The van der Waals surface area contributed by atoms with Gasteiger partial charge in [-0.05, 0) is 142 Å². The molecule has 8 N–H and O–H groups in total. The third-order valence-corrected chi connectivity index (χ3v) is 18.2. The molecule has 0 spiro atoms. The van der Waals surface area contributed by atoms with E-state index >= 15 is 0 Å². The van der Waals surface area contributed by atoms with Gasteiger partial charge >= 0.3 is 0 Å². The molecule has 8 bridgehead atoms. The molecule has 5 aromatic rings. The normalized spacial score (nSPS) is 42.4. The van der Waals surface area contributed by atoms with Gasteiger partial charge in [-0.25, -0.2) is 0 Å². The Morgan fingerprint density at radius 3 is 0.617 bits per heavy atom. The van der Waals surface area contributed by atoms with Crippen LogP contribution in [0.15, 0.2) is 72.8 Å². The average Bonchev–Trinajstić information content (AvgIpc) is 4.04. The molecule has 8 heteroatoms. The number of rotatable bonds is 0. The molecule has 5 aliphatic heterocycles. The second-order valence-corrected chi connectivity index (χ2v) is 21.0. The van der Waals surface area contributed by atoms with Crippen molar-refractivity contribution in [2.75, 3.05) is 0 Å². The monoisotopic (exact) mass is 805 g/mol. The number of hydrogen-bond acceptors (Lipinski definition) is 8. The summed E-state index contributed by atoms with van der Waals surface area (Å²) < 4.78 is 0. The first-order valence-corrected chi connectivity index (χ1v) is 24.9. The van der Waals surface area contributed by atoms with Crippen molar-refractivity contribution in [2.45, 2.75) is 152 Å². The predicted molar refractivity (Wildman–Crippen MR) is 245 cm³/mol. The highest BCUT2D eigenvalue weighted by Crippen LogP contribution is 2.46.